The molecule has 1 heterocycles. The van der Waals surface area contributed by atoms with Gasteiger partial charge in [-0.3, -0.25) is 0 Å². The summed E-state index contributed by atoms with van der Waals surface area (Å²) in [4.78, 5) is 4.41. The maximum Gasteiger partial charge on any atom is 0.0999 e. The summed E-state index contributed by atoms with van der Waals surface area (Å²) >= 11 is 0. The molecule has 13 heavy (non-hydrogen) atoms. The van der Waals surface area contributed by atoms with Crippen LogP contribution in [-0.2, 0) is 0 Å². The normalized spacial score (nSPS) is 29.7. The van der Waals surface area contributed by atoms with E-state index in [-0.39, 0.29) is 0 Å². The van der Waals surface area contributed by atoms with Gasteiger partial charge >= 0.3 is 0 Å². The molecule has 0 amide bonds. The molecule has 0 spiro atoms. The largest absolute Gasteiger partial charge is 0.387 e. The van der Waals surface area contributed by atoms with Crippen molar-refractivity contribution in [1.29, 1.82) is 0 Å². The van der Waals surface area contributed by atoms with E-state index >= 15 is 0 Å². The van der Waals surface area contributed by atoms with Gasteiger partial charge in [-0.2, -0.15) is 0 Å². The van der Waals surface area contributed by atoms with Crippen molar-refractivity contribution in [2.75, 3.05) is 0 Å². The molecule has 1 aromatic rings. The number of fused-ring (bicyclic) bond motifs is 3. The summed E-state index contributed by atoms with van der Waals surface area (Å²) in [6.45, 7) is 0. The standard InChI is InChI=1S/C11H12N2/c12-11-6-7-5-9(7)8-3-1-2-4-10(8)13-11/h1-4,7,9H,5-6H2,(H2,12,13)/t7?,9-/m1/s1. The van der Waals surface area contributed by atoms with Crippen LogP contribution in [0.4, 0.5) is 5.69 Å². The van der Waals surface area contributed by atoms with E-state index in [0.717, 1.165) is 29.8 Å². The molecule has 1 saturated carbocycles. The van der Waals surface area contributed by atoms with E-state index in [1.807, 2.05) is 6.07 Å². The zero-order valence-electron chi connectivity index (χ0n) is 7.40. The molecule has 66 valence electrons. The fourth-order valence-electron chi connectivity index (χ4n) is 2.23. The second-order valence-electron chi connectivity index (χ2n) is 3.97. The zero-order chi connectivity index (χ0) is 8.84. The molecule has 2 aliphatic rings. The highest BCUT2D eigenvalue weighted by molar-refractivity contribution is 5.85. The highest BCUT2D eigenvalue weighted by Gasteiger charge is 2.41. The van der Waals surface area contributed by atoms with Crippen LogP contribution in [0.15, 0.2) is 29.3 Å². The SMILES string of the molecule is NC1=Nc2ccccc2[C@@H]2CC2C1. The summed E-state index contributed by atoms with van der Waals surface area (Å²) in [5, 5.41) is 0. The number of hydrogen-bond donors (Lipinski definition) is 1. The van der Waals surface area contributed by atoms with Gasteiger partial charge in [0.2, 0.25) is 0 Å². The van der Waals surface area contributed by atoms with Gasteiger partial charge in [-0.05, 0) is 29.9 Å². The van der Waals surface area contributed by atoms with Gasteiger partial charge in [0.05, 0.1) is 11.5 Å². The molecule has 2 atom stereocenters. The number of hydrogen-bond acceptors (Lipinski definition) is 2. The van der Waals surface area contributed by atoms with Crippen molar-refractivity contribution in [3.63, 3.8) is 0 Å². The monoisotopic (exact) mass is 172 g/mol. The van der Waals surface area contributed by atoms with E-state index in [0.29, 0.717) is 0 Å². The highest BCUT2D eigenvalue weighted by atomic mass is 14.9. The van der Waals surface area contributed by atoms with Crippen LogP contribution < -0.4 is 5.73 Å². The van der Waals surface area contributed by atoms with Crippen molar-refractivity contribution in [1.82, 2.24) is 0 Å². The minimum absolute atomic E-state index is 0.737. The fraction of sp³-hybridized carbons (Fsp3) is 0.364. The third kappa shape index (κ3) is 1.05. The Morgan fingerprint density at radius 1 is 1.31 bits per heavy atom. The van der Waals surface area contributed by atoms with Crippen LogP contribution in [0.5, 0.6) is 0 Å². The average molecular weight is 172 g/mol. The summed E-state index contributed by atoms with van der Waals surface area (Å²) in [5.41, 5.74) is 8.30. The molecule has 0 saturated heterocycles. The number of aliphatic imine (C=N–C) groups is 1. The van der Waals surface area contributed by atoms with Crippen LogP contribution in [0, 0.1) is 5.92 Å². The summed E-state index contributed by atoms with van der Waals surface area (Å²) < 4.78 is 0. The van der Waals surface area contributed by atoms with Gasteiger partial charge in [-0.15, -0.1) is 0 Å². The van der Waals surface area contributed by atoms with E-state index in [1.54, 1.807) is 0 Å². The number of benzene rings is 1. The molecule has 1 aliphatic carbocycles. The summed E-state index contributed by atoms with van der Waals surface area (Å²) in [7, 11) is 0. The molecule has 2 N–H and O–H groups in total. The lowest BCUT2D eigenvalue weighted by Crippen LogP contribution is -2.10. The van der Waals surface area contributed by atoms with Crippen LogP contribution in [0.2, 0.25) is 0 Å². The Kier molecular flexibility index (Phi) is 1.29. The second kappa shape index (κ2) is 2.34. The van der Waals surface area contributed by atoms with Crippen LogP contribution in [0.3, 0.4) is 0 Å². The van der Waals surface area contributed by atoms with Crippen LogP contribution in [-0.4, -0.2) is 5.84 Å². The maximum absolute atomic E-state index is 5.82. The minimum atomic E-state index is 0.737. The van der Waals surface area contributed by atoms with E-state index in [2.05, 4.69) is 23.2 Å². The van der Waals surface area contributed by atoms with Crippen molar-refractivity contribution in [3.8, 4) is 0 Å². The molecule has 1 aromatic carbocycles. The van der Waals surface area contributed by atoms with Gasteiger partial charge in [0, 0.05) is 6.42 Å². The molecular weight excluding hydrogens is 160 g/mol. The van der Waals surface area contributed by atoms with Gasteiger partial charge in [-0.25, -0.2) is 4.99 Å². The fourth-order valence-corrected chi connectivity index (χ4v) is 2.23. The number of nitrogens with two attached hydrogens (primary N) is 1. The summed E-state index contributed by atoms with van der Waals surface area (Å²) in [6, 6.07) is 8.36. The average Bonchev–Trinajstić information content (AvgIpc) is 2.83. The van der Waals surface area contributed by atoms with E-state index < -0.39 is 0 Å². The molecule has 1 unspecified atom stereocenters. The highest BCUT2D eigenvalue weighted by Crippen LogP contribution is 2.53. The molecule has 1 aliphatic heterocycles. The first-order chi connectivity index (χ1) is 6.34. The Balaban J connectivity index is 2.16. The molecule has 2 nitrogen and oxygen atoms in total. The Bertz CT molecular complexity index is 381. The van der Waals surface area contributed by atoms with E-state index in [9.17, 15) is 0 Å². The van der Waals surface area contributed by atoms with Crippen molar-refractivity contribution in [2.45, 2.75) is 18.8 Å². The molecule has 1 fully saturated rings. The Morgan fingerprint density at radius 2 is 2.15 bits per heavy atom. The number of nitrogens with zero attached hydrogens (tertiary/aromatic N) is 1. The van der Waals surface area contributed by atoms with Crippen molar-refractivity contribution < 1.29 is 0 Å². The zero-order valence-corrected chi connectivity index (χ0v) is 7.40. The molecule has 0 bridgehead atoms. The molecule has 0 aromatic heterocycles. The topological polar surface area (TPSA) is 38.4 Å². The first-order valence-electron chi connectivity index (χ1n) is 4.76. The third-order valence-corrected chi connectivity index (χ3v) is 2.99. The van der Waals surface area contributed by atoms with Crippen molar-refractivity contribution in [2.24, 2.45) is 16.6 Å². The predicted octanol–water partition coefficient (Wildman–Crippen LogP) is 2.18. The Labute approximate surface area is 77.5 Å². The quantitative estimate of drug-likeness (QED) is 0.640. The summed E-state index contributed by atoms with van der Waals surface area (Å²) in [6.07, 6.45) is 2.28. The molecule has 0 radical (unpaired) electrons. The number of amidine groups is 1. The third-order valence-electron chi connectivity index (χ3n) is 2.99. The van der Waals surface area contributed by atoms with Gasteiger partial charge in [0.15, 0.2) is 0 Å². The van der Waals surface area contributed by atoms with Gasteiger partial charge in [0.25, 0.3) is 0 Å². The van der Waals surface area contributed by atoms with Crippen molar-refractivity contribution in [3.05, 3.63) is 29.8 Å². The lowest BCUT2D eigenvalue weighted by Gasteiger charge is -2.01. The van der Waals surface area contributed by atoms with E-state index in [1.165, 1.54) is 12.0 Å². The first-order valence-corrected chi connectivity index (χ1v) is 4.76. The Morgan fingerprint density at radius 3 is 3.08 bits per heavy atom. The van der Waals surface area contributed by atoms with Crippen LogP contribution in [0.1, 0.15) is 24.3 Å². The van der Waals surface area contributed by atoms with Gasteiger partial charge in [0.1, 0.15) is 0 Å². The second-order valence-corrected chi connectivity index (χ2v) is 3.97. The lowest BCUT2D eigenvalue weighted by atomic mass is 10.1. The molecule has 3 rings (SSSR count). The summed E-state index contributed by atoms with van der Waals surface area (Å²) in [5.74, 6) is 2.31. The maximum atomic E-state index is 5.82. The van der Waals surface area contributed by atoms with Crippen LogP contribution in [0.25, 0.3) is 0 Å². The predicted molar refractivity (Wildman–Crippen MR) is 53.2 cm³/mol. The smallest absolute Gasteiger partial charge is 0.0999 e. The van der Waals surface area contributed by atoms with Gasteiger partial charge in [-0.1, -0.05) is 18.2 Å². The van der Waals surface area contributed by atoms with Crippen LogP contribution >= 0.6 is 0 Å². The molecular formula is C11H12N2. The van der Waals surface area contributed by atoms with E-state index in [4.69, 9.17) is 5.73 Å². The number of para-hydroxylation sites is 1. The first kappa shape index (κ1) is 7.13. The minimum Gasteiger partial charge on any atom is -0.387 e. The molecule has 2 heteroatoms. The number of rotatable bonds is 0. The Hall–Kier alpha value is -1.31. The van der Waals surface area contributed by atoms with Crippen molar-refractivity contribution >= 4 is 11.5 Å². The van der Waals surface area contributed by atoms with Gasteiger partial charge < -0.3 is 5.73 Å². The lowest BCUT2D eigenvalue weighted by molar-refractivity contribution is 0.851.